The van der Waals surface area contributed by atoms with Crippen LogP contribution < -0.4 is 11.1 Å². The fourth-order valence-corrected chi connectivity index (χ4v) is 0.941. The number of carbonyl (C=O) groups excluding carboxylic acids is 1. The van der Waals surface area contributed by atoms with E-state index in [1.165, 1.54) is 4.90 Å². The molecule has 4 N–H and O–H groups in total. The molecule has 0 unspecified atom stereocenters. The van der Waals surface area contributed by atoms with Crippen LogP contribution in [0.2, 0.25) is 0 Å². The highest BCUT2D eigenvalue weighted by Crippen LogP contribution is 1.90. The van der Waals surface area contributed by atoms with Gasteiger partial charge in [0.15, 0.2) is 0 Å². The van der Waals surface area contributed by atoms with Gasteiger partial charge >= 0.3 is 6.03 Å². The molecule has 0 bridgehead atoms. The lowest BCUT2D eigenvalue weighted by Crippen LogP contribution is -2.39. The molecule has 0 saturated carbocycles. The third-order valence-electron chi connectivity index (χ3n) is 1.99. The average Bonchev–Trinajstić information content (AvgIpc) is 2.25. The van der Waals surface area contributed by atoms with Crippen molar-refractivity contribution in [3.63, 3.8) is 0 Å². The molecule has 0 heterocycles. The molecule has 0 radical (unpaired) electrons. The summed E-state index contributed by atoms with van der Waals surface area (Å²) in [6.07, 6.45) is 2.39. The maximum atomic E-state index is 11.4. The molecule has 0 aromatic carbocycles. The second-order valence-corrected chi connectivity index (χ2v) is 3.35. The maximum absolute atomic E-state index is 11.4. The zero-order valence-corrected chi connectivity index (χ0v) is 9.36. The lowest BCUT2D eigenvalue weighted by Gasteiger charge is -2.17. The predicted molar refractivity (Wildman–Crippen MR) is 59.0 cm³/mol. The van der Waals surface area contributed by atoms with Crippen molar-refractivity contribution in [2.75, 3.05) is 20.1 Å². The highest BCUT2D eigenvalue weighted by atomic mass is 16.4. The summed E-state index contributed by atoms with van der Waals surface area (Å²) >= 11 is 0. The number of amidine groups is 1. The number of unbranched alkanes of at least 4 members (excludes halogenated alkanes) is 1. The highest BCUT2D eigenvalue weighted by Gasteiger charge is 2.07. The van der Waals surface area contributed by atoms with Crippen LogP contribution in [0.5, 0.6) is 0 Å². The minimum Gasteiger partial charge on any atom is -0.409 e. The van der Waals surface area contributed by atoms with E-state index in [1.54, 1.807) is 7.05 Å². The Kier molecular flexibility index (Phi) is 7.13. The molecule has 0 saturated heterocycles. The third kappa shape index (κ3) is 6.59. The molecule has 0 spiro atoms. The van der Waals surface area contributed by atoms with Crippen LogP contribution in [0.4, 0.5) is 4.79 Å². The van der Waals surface area contributed by atoms with Gasteiger partial charge in [-0.15, -0.1) is 0 Å². The lowest BCUT2D eigenvalue weighted by molar-refractivity contribution is 0.209. The van der Waals surface area contributed by atoms with Crippen molar-refractivity contribution in [2.24, 2.45) is 10.9 Å². The fourth-order valence-electron chi connectivity index (χ4n) is 0.941. The van der Waals surface area contributed by atoms with E-state index in [4.69, 9.17) is 10.9 Å². The first kappa shape index (κ1) is 13.5. The zero-order valence-electron chi connectivity index (χ0n) is 9.36. The van der Waals surface area contributed by atoms with Gasteiger partial charge in [0, 0.05) is 26.6 Å². The second kappa shape index (κ2) is 7.90. The number of nitrogens with zero attached hydrogens (tertiary/aromatic N) is 2. The number of nitrogens with one attached hydrogen (secondary N) is 1. The molecule has 6 nitrogen and oxygen atoms in total. The zero-order chi connectivity index (χ0) is 11.7. The van der Waals surface area contributed by atoms with E-state index in [9.17, 15) is 4.79 Å². The topological polar surface area (TPSA) is 91.0 Å². The van der Waals surface area contributed by atoms with Gasteiger partial charge < -0.3 is 21.2 Å². The molecule has 0 fully saturated rings. The number of urea groups is 1. The van der Waals surface area contributed by atoms with Gasteiger partial charge in [-0.1, -0.05) is 18.5 Å². The van der Waals surface area contributed by atoms with E-state index in [0.29, 0.717) is 19.5 Å². The largest absolute Gasteiger partial charge is 0.409 e. The van der Waals surface area contributed by atoms with Crippen molar-refractivity contribution in [3.8, 4) is 0 Å². The molecule has 2 amide bonds. The molecule has 0 aliphatic rings. The summed E-state index contributed by atoms with van der Waals surface area (Å²) in [4.78, 5) is 12.9. The van der Waals surface area contributed by atoms with E-state index >= 15 is 0 Å². The first-order valence-corrected chi connectivity index (χ1v) is 5.07. The Labute approximate surface area is 90.1 Å². The molecule has 6 heteroatoms. The van der Waals surface area contributed by atoms with Gasteiger partial charge in [-0.3, -0.25) is 0 Å². The van der Waals surface area contributed by atoms with Crippen LogP contribution in [-0.4, -0.2) is 42.1 Å². The van der Waals surface area contributed by atoms with Gasteiger partial charge in [0.05, 0.1) is 0 Å². The van der Waals surface area contributed by atoms with E-state index in [-0.39, 0.29) is 11.9 Å². The van der Waals surface area contributed by atoms with Crippen LogP contribution in [0.25, 0.3) is 0 Å². The maximum Gasteiger partial charge on any atom is 0.317 e. The molecule has 0 aliphatic heterocycles. The number of rotatable bonds is 6. The van der Waals surface area contributed by atoms with Crippen LogP contribution in [0.1, 0.15) is 26.2 Å². The summed E-state index contributed by atoms with van der Waals surface area (Å²) in [7, 11) is 1.67. The summed E-state index contributed by atoms with van der Waals surface area (Å²) in [5.74, 6) is 0.128. The van der Waals surface area contributed by atoms with Crippen molar-refractivity contribution in [1.29, 1.82) is 0 Å². The van der Waals surface area contributed by atoms with Crippen molar-refractivity contribution < 1.29 is 10.0 Å². The summed E-state index contributed by atoms with van der Waals surface area (Å²) in [6, 6.07) is -0.130. The summed E-state index contributed by atoms with van der Waals surface area (Å²) in [6.45, 7) is 3.19. The van der Waals surface area contributed by atoms with Crippen LogP contribution in [0.15, 0.2) is 5.16 Å². The molecular formula is C9H20N4O2. The molecule has 15 heavy (non-hydrogen) atoms. The van der Waals surface area contributed by atoms with Crippen molar-refractivity contribution in [2.45, 2.75) is 26.2 Å². The third-order valence-corrected chi connectivity index (χ3v) is 1.99. The Morgan fingerprint density at radius 2 is 2.27 bits per heavy atom. The van der Waals surface area contributed by atoms with E-state index in [2.05, 4.69) is 17.4 Å². The SMILES string of the molecule is CCCCNC(=O)N(C)CC/C(N)=N/O. The average molecular weight is 216 g/mol. The summed E-state index contributed by atoms with van der Waals surface area (Å²) in [5, 5.41) is 13.9. The Hall–Kier alpha value is -1.46. The molecule has 0 atom stereocenters. The van der Waals surface area contributed by atoms with Crippen molar-refractivity contribution >= 4 is 11.9 Å². The molecule has 0 rings (SSSR count). The number of oxime groups is 1. The first-order valence-electron chi connectivity index (χ1n) is 5.07. The second-order valence-electron chi connectivity index (χ2n) is 3.35. The summed E-state index contributed by atoms with van der Waals surface area (Å²) in [5.41, 5.74) is 5.28. The normalized spacial score (nSPS) is 11.2. The standard InChI is InChI=1S/C9H20N4O2/c1-3-4-6-11-9(14)13(2)7-5-8(10)12-15/h15H,3-7H2,1-2H3,(H2,10,12)(H,11,14). The van der Waals surface area contributed by atoms with Gasteiger partial charge in [0.1, 0.15) is 5.84 Å². The van der Waals surface area contributed by atoms with Crippen LogP contribution >= 0.6 is 0 Å². The number of amides is 2. The lowest BCUT2D eigenvalue weighted by atomic mass is 10.3. The Morgan fingerprint density at radius 1 is 1.60 bits per heavy atom. The molecule has 88 valence electrons. The van der Waals surface area contributed by atoms with Gasteiger partial charge in [0.25, 0.3) is 0 Å². The highest BCUT2D eigenvalue weighted by molar-refractivity contribution is 5.80. The number of carbonyl (C=O) groups is 1. The molecule has 0 aromatic rings. The predicted octanol–water partition coefficient (Wildman–Crippen LogP) is 0.564. The fraction of sp³-hybridized carbons (Fsp3) is 0.778. The van der Waals surface area contributed by atoms with Crippen LogP contribution in [0.3, 0.4) is 0 Å². The molecular weight excluding hydrogens is 196 g/mol. The quantitative estimate of drug-likeness (QED) is 0.199. The van der Waals surface area contributed by atoms with Gasteiger partial charge in [0.2, 0.25) is 0 Å². The minimum atomic E-state index is -0.130. The van der Waals surface area contributed by atoms with Crippen molar-refractivity contribution in [3.05, 3.63) is 0 Å². The number of nitrogens with two attached hydrogens (primary N) is 1. The summed E-state index contributed by atoms with van der Waals surface area (Å²) < 4.78 is 0. The Bertz CT molecular complexity index is 218. The molecule has 0 aliphatic carbocycles. The monoisotopic (exact) mass is 216 g/mol. The van der Waals surface area contributed by atoms with Crippen LogP contribution in [0, 0.1) is 0 Å². The van der Waals surface area contributed by atoms with E-state index in [0.717, 1.165) is 12.8 Å². The Balaban J connectivity index is 3.69. The van der Waals surface area contributed by atoms with E-state index < -0.39 is 0 Å². The smallest absolute Gasteiger partial charge is 0.317 e. The van der Waals surface area contributed by atoms with Gasteiger partial charge in [-0.05, 0) is 6.42 Å². The van der Waals surface area contributed by atoms with Gasteiger partial charge in [-0.25, -0.2) is 4.79 Å². The number of hydrogen-bond donors (Lipinski definition) is 3. The Morgan fingerprint density at radius 3 is 2.80 bits per heavy atom. The minimum absolute atomic E-state index is 0.128. The molecule has 0 aromatic heterocycles. The van der Waals surface area contributed by atoms with E-state index in [1.807, 2.05) is 0 Å². The van der Waals surface area contributed by atoms with Gasteiger partial charge in [-0.2, -0.15) is 0 Å². The van der Waals surface area contributed by atoms with Crippen molar-refractivity contribution in [1.82, 2.24) is 10.2 Å². The first-order chi connectivity index (χ1) is 7.11. The number of hydrogen-bond acceptors (Lipinski definition) is 3. The van der Waals surface area contributed by atoms with Crippen LogP contribution in [-0.2, 0) is 0 Å².